The molecule has 9 heteroatoms. The highest BCUT2D eigenvalue weighted by Crippen LogP contribution is 2.34. The number of rotatable bonds is 5. The Morgan fingerprint density at radius 1 is 1.29 bits per heavy atom. The van der Waals surface area contributed by atoms with E-state index in [0.717, 1.165) is 16.9 Å². The van der Waals surface area contributed by atoms with Gasteiger partial charge in [-0.05, 0) is 31.5 Å². The van der Waals surface area contributed by atoms with E-state index in [4.69, 9.17) is 9.47 Å². The second-order valence-electron chi connectivity index (χ2n) is 6.50. The molecule has 0 saturated carbocycles. The molecule has 1 aromatic carbocycles. The summed E-state index contributed by atoms with van der Waals surface area (Å²) in [6.07, 6.45) is 0.0944. The first-order valence-electron chi connectivity index (χ1n) is 8.65. The zero-order valence-electron chi connectivity index (χ0n) is 16.1. The highest BCUT2D eigenvalue weighted by molar-refractivity contribution is 7.17. The van der Waals surface area contributed by atoms with Crippen molar-refractivity contribution in [3.63, 3.8) is 0 Å². The summed E-state index contributed by atoms with van der Waals surface area (Å²) in [4.78, 5) is 43.0. The number of esters is 1. The maximum absolute atomic E-state index is 12.6. The molecular weight excluding hydrogens is 382 g/mol. The maximum atomic E-state index is 12.6. The number of anilines is 2. The number of ether oxygens (including phenoxy) is 2. The molecule has 0 aliphatic carbocycles. The lowest BCUT2D eigenvalue weighted by Gasteiger charge is -2.20. The van der Waals surface area contributed by atoms with Crippen LogP contribution < -0.4 is 15.0 Å². The third kappa shape index (κ3) is 3.84. The Kier molecular flexibility index (Phi) is 5.64. The van der Waals surface area contributed by atoms with Gasteiger partial charge in [0, 0.05) is 13.0 Å². The van der Waals surface area contributed by atoms with Gasteiger partial charge in [0.25, 0.3) is 0 Å². The molecule has 1 atom stereocenters. The molecule has 1 aliphatic heterocycles. The number of amides is 2. The minimum Gasteiger partial charge on any atom is -0.495 e. The van der Waals surface area contributed by atoms with Crippen LogP contribution in [0.3, 0.4) is 0 Å². The highest BCUT2D eigenvalue weighted by Gasteiger charge is 2.36. The molecule has 1 aliphatic rings. The topological polar surface area (TPSA) is 97.8 Å². The molecule has 28 heavy (non-hydrogen) atoms. The molecule has 1 N–H and O–H groups in total. The van der Waals surface area contributed by atoms with Gasteiger partial charge in [-0.2, -0.15) is 0 Å². The van der Waals surface area contributed by atoms with E-state index in [1.165, 1.54) is 7.11 Å². The number of aromatic nitrogens is 1. The van der Waals surface area contributed by atoms with Crippen LogP contribution in [0.5, 0.6) is 5.75 Å². The quantitative estimate of drug-likeness (QED) is 0.771. The number of benzene rings is 1. The molecule has 0 bridgehead atoms. The van der Waals surface area contributed by atoms with Crippen LogP contribution in [-0.4, -0.2) is 43.5 Å². The lowest BCUT2D eigenvalue weighted by Crippen LogP contribution is -2.28. The minimum absolute atomic E-state index is 0.0944. The Morgan fingerprint density at radius 3 is 2.71 bits per heavy atom. The van der Waals surface area contributed by atoms with E-state index >= 15 is 0 Å². The van der Waals surface area contributed by atoms with Gasteiger partial charge in [-0.3, -0.25) is 9.59 Å². The summed E-state index contributed by atoms with van der Waals surface area (Å²) in [5.41, 5.74) is 2.13. The van der Waals surface area contributed by atoms with Crippen LogP contribution in [0.25, 0.3) is 0 Å². The molecule has 8 nitrogen and oxygen atoms in total. The van der Waals surface area contributed by atoms with Gasteiger partial charge >= 0.3 is 5.97 Å². The van der Waals surface area contributed by atoms with E-state index < -0.39 is 11.9 Å². The van der Waals surface area contributed by atoms with Crippen LogP contribution in [0.15, 0.2) is 18.2 Å². The number of carbonyl (C=O) groups is 3. The maximum Gasteiger partial charge on any atom is 0.350 e. The van der Waals surface area contributed by atoms with E-state index in [-0.39, 0.29) is 24.8 Å². The first-order valence-corrected chi connectivity index (χ1v) is 9.47. The summed E-state index contributed by atoms with van der Waals surface area (Å²) in [6.45, 7) is 3.85. The van der Waals surface area contributed by atoms with Crippen molar-refractivity contribution in [3.05, 3.63) is 34.3 Å². The zero-order valence-corrected chi connectivity index (χ0v) is 16.9. The fourth-order valence-electron chi connectivity index (χ4n) is 3.07. The largest absolute Gasteiger partial charge is 0.495 e. The molecule has 3 rings (SSSR count). The number of aryl methyl sites for hydroxylation is 2. The van der Waals surface area contributed by atoms with Crippen molar-refractivity contribution in [2.24, 2.45) is 5.92 Å². The average Bonchev–Trinajstić information content (AvgIpc) is 3.23. The summed E-state index contributed by atoms with van der Waals surface area (Å²) >= 11 is 1.05. The summed E-state index contributed by atoms with van der Waals surface area (Å²) in [5.74, 6) is -0.895. The second kappa shape index (κ2) is 7.97. The lowest BCUT2D eigenvalue weighted by atomic mass is 10.1. The predicted octanol–water partition coefficient (Wildman–Crippen LogP) is 2.55. The minimum atomic E-state index is -0.525. The standard InChI is InChI=1S/C19H21N3O5S/c1-10-5-6-14(26-3)13(7-10)22-9-12(8-15(22)23)17(24)21-19-20-11(2)16(28-19)18(25)27-4/h5-7,12H,8-9H2,1-4H3,(H,20,21,24). The molecule has 2 amide bonds. The second-order valence-corrected chi connectivity index (χ2v) is 7.49. The van der Waals surface area contributed by atoms with E-state index in [1.54, 1.807) is 25.0 Å². The number of hydrogen-bond donors (Lipinski definition) is 1. The molecular formula is C19H21N3O5S. The van der Waals surface area contributed by atoms with Crippen LogP contribution in [-0.2, 0) is 14.3 Å². The van der Waals surface area contributed by atoms with Gasteiger partial charge in [0.1, 0.15) is 10.6 Å². The van der Waals surface area contributed by atoms with E-state index in [0.29, 0.717) is 27.1 Å². The van der Waals surface area contributed by atoms with Gasteiger partial charge in [0.15, 0.2) is 5.13 Å². The Morgan fingerprint density at radius 2 is 2.04 bits per heavy atom. The molecule has 2 aromatic rings. The van der Waals surface area contributed by atoms with Crippen molar-refractivity contribution >= 4 is 39.9 Å². The zero-order chi connectivity index (χ0) is 20.4. The first-order chi connectivity index (χ1) is 13.3. The molecule has 0 radical (unpaired) electrons. The van der Waals surface area contributed by atoms with Crippen LogP contribution >= 0.6 is 11.3 Å². The van der Waals surface area contributed by atoms with Crippen molar-refractivity contribution in [2.75, 3.05) is 31.0 Å². The Balaban J connectivity index is 1.74. The molecule has 1 fully saturated rings. The van der Waals surface area contributed by atoms with Gasteiger partial charge < -0.3 is 19.7 Å². The van der Waals surface area contributed by atoms with Crippen molar-refractivity contribution in [1.82, 2.24) is 4.98 Å². The molecule has 148 valence electrons. The molecule has 2 heterocycles. The van der Waals surface area contributed by atoms with Crippen LogP contribution in [0.4, 0.5) is 10.8 Å². The highest BCUT2D eigenvalue weighted by atomic mass is 32.1. The van der Waals surface area contributed by atoms with Gasteiger partial charge in [0.2, 0.25) is 11.8 Å². The molecule has 1 saturated heterocycles. The molecule has 0 spiro atoms. The average molecular weight is 403 g/mol. The van der Waals surface area contributed by atoms with Gasteiger partial charge in [-0.1, -0.05) is 17.4 Å². The number of methoxy groups -OCH3 is 2. The summed E-state index contributed by atoms with van der Waals surface area (Å²) in [6, 6.07) is 5.57. The van der Waals surface area contributed by atoms with Gasteiger partial charge in [-0.15, -0.1) is 0 Å². The Hall–Kier alpha value is -2.94. The normalized spacial score (nSPS) is 16.2. The van der Waals surface area contributed by atoms with Crippen LogP contribution in [0, 0.1) is 19.8 Å². The number of carbonyl (C=O) groups excluding carboxylic acids is 3. The third-order valence-electron chi connectivity index (χ3n) is 4.52. The lowest BCUT2D eigenvalue weighted by molar-refractivity contribution is -0.122. The summed E-state index contributed by atoms with van der Waals surface area (Å²) < 4.78 is 10.1. The van der Waals surface area contributed by atoms with E-state index in [2.05, 4.69) is 10.3 Å². The van der Waals surface area contributed by atoms with Crippen molar-refractivity contribution in [3.8, 4) is 5.75 Å². The first kappa shape index (κ1) is 19.8. The number of nitrogens with one attached hydrogen (secondary N) is 1. The Bertz CT molecular complexity index is 940. The molecule has 1 aromatic heterocycles. The fourth-order valence-corrected chi connectivity index (χ4v) is 3.95. The van der Waals surface area contributed by atoms with Gasteiger partial charge in [-0.25, -0.2) is 9.78 Å². The van der Waals surface area contributed by atoms with Gasteiger partial charge in [0.05, 0.1) is 31.5 Å². The van der Waals surface area contributed by atoms with Crippen molar-refractivity contribution in [2.45, 2.75) is 20.3 Å². The van der Waals surface area contributed by atoms with Crippen LogP contribution in [0.2, 0.25) is 0 Å². The SMILES string of the molecule is COC(=O)c1sc(NC(=O)C2CC(=O)N(c3cc(C)ccc3OC)C2)nc1C. The monoisotopic (exact) mass is 403 g/mol. The smallest absolute Gasteiger partial charge is 0.350 e. The van der Waals surface area contributed by atoms with Crippen LogP contribution in [0.1, 0.15) is 27.3 Å². The van der Waals surface area contributed by atoms with E-state index in [9.17, 15) is 14.4 Å². The summed E-state index contributed by atoms with van der Waals surface area (Å²) in [7, 11) is 2.83. The fraction of sp³-hybridized carbons (Fsp3) is 0.368. The number of hydrogen-bond acceptors (Lipinski definition) is 7. The third-order valence-corrected chi connectivity index (χ3v) is 5.57. The molecule has 1 unspecified atom stereocenters. The van der Waals surface area contributed by atoms with E-state index in [1.807, 2.05) is 19.1 Å². The Labute approximate surface area is 166 Å². The van der Waals surface area contributed by atoms with Crippen molar-refractivity contribution in [1.29, 1.82) is 0 Å². The number of thiazole rings is 1. The summed E-state index contributed by atoms with van der Waals surface area (Å²) in [5, 5.41) is 3.01. The predicted molar refractivity (Wildman–Crippen MR) is 105 cm³/mol. The van der Waals surface area contributed by atoms with Crippen molar-refractivity contribution < 1.29 is 23.9 Å². The number of nitrogens with zero attached hydrogens (tertiary/aromatic N) is 2.